The molecule has 4 rings (SSSR count). The minimum absolute atomic E-state index is 0. The lowest BCUT2D eigenvalue weighted by atomic mass is 9.81. The Morgan fingerprint density at radius 1 is 1.28 bits per heavy atom. The topological polar surface area (TPSA) is 125 Å². The summed E-state index contributed by atoms with van der Waals surface area (Å²) in [6.07, 6.45) is 3.98. The summed E-state index contributed by atoms with van der Waals surface area (Å²) in [5, 5.41) is 12.9. The number of aromatic nitrogens is 2. The van der Waals surface area contributed by atoms with Crippen LogP contribution in [0, 0.1) is 22.7 Å². The summed E-state index contributed by atoms with van der Waals surface area (Å²) in [5.74, 6) is 0.431. The normalized spacial score (nSPS) is 22.8. The SMILES string of the molecule is C[C@@H]1C[C@@](C#N)(C2CC2)C(=O)N1c1ccnc(Nc2ccc(C(C)(C)C(N)=O)cc2)n1.Cl. The Kier molecular flexibility index (Phi) is 6.16. The highest BCUT2D eigenvalue weighted by atomic mass is 35.5. The van der Waals surface area contributed by atoms with Crippen molar-refractivity contribution in [2.75, 3.05) is 10.2 Å². The van der Waals surface area contributed by atoms with Crippen molar-refractivity contribution >= 4 is 41.7 Å². The van der Waals surface area contributed by atoms with Crippen molar-refractivity contribution in [1.29, 1.82) is 5.26 Å². The summed E-state index contributed by atoms with van der Waals surface area (Å²) >= 11 is 0. The van der Waals surface area contributed by atoms with Gasteiger partial charge >= 0.3 is 0 Å². The summed E-state index contributed by atoms with van der Waals surface area (Å²) < 4.78 is 0. The number of anilines is 3. The molecule has 2 atom stereocenters. The lowest BCUT2D eigenvalue weighted by molar-refractivity contribution is -0.124. The highest BCUT2D eigenvalue weighted by Gasteiger charge is 2.59. The number of rotatable bonds is 6. The number of primary amides is 1. The molecule has 1 saturated carbocycles. The minimum atomic E-state index is -0.930. The molecule has 2 heterocycles. The van der Waals surface area contributed by atoms with Gasteiger partial charge in [0.25, 0.3) is 0 Å². The van der Waals surface area contributed by atoms with Crippen LogP contribution < -0.4 is 16.0 Å². The summed E-state index contributed by atoms with van der Waals surface area (Å²) in [4.78, 5) is 35.3. The van der Waals surface area contributed by atoms with Crippen LogP contribution in [0.1, 0.15) is 45.6 Å². The molecule has 168 valence electrons. The lowest BCUT2D eigenvalue weighted by Gasteiger charge is -2.22. The number of nitriles is 1. The first-order valence-corrected chi connectivity index (χ1v) is 10.4. The van der Waals surface area contributed by atoms with Gasteiger partial charge in [0.1, 0.15) is 11.2 Å². The van der Waals surface area contributed by atoms with Crippen LogP contribution in [-0.2, 0) is 15.0 Å². The molecule has 32 heavy (non-hydrogen) atoms. The second-order valence-electron chi connectivity index (χ2n) is 9.02. The molecule has 0 spiro atoms. The van der Waals surface area contributed by atoms with Crippen LogP contribution in [-0.4, -0.2) is 27.8 Å². The van der Waals surface area contributed by atoms with Crippen LogP contribution >= 0.6 is 12.4 Å². The number of amides is 2. The zero-order valence-electron chi connectivity index (χ0n) is 18.3. The van der Waals surface area contributed by atoms with E-state index >= 15 is 0 Å². The van der Waals surface area contributed by atoms with Crippen LogP contribution in [0.5, 0.6) is 0 Å². The summed E-state index contributed by atoms with van der Waals surface area (Å²) in [6, 6.07) is 11.2. The average Bonchev–Trinajstić information content (AvgIpc) is 3.55. The van der Waals surface area contributed by atoms with E-state index in [0.717, 1.165) is 24.1 Å². The van der Waals surface area contributed by atoms with Gasteiger partial charge in [-0.25, -0.2) is 4.98 Å². The fraction of sp³-hybridized carbons (Fsp3) is 0.435. The van der Waals surface area contributed by atoms with Crippen molar-refractivity contribution in [2.24, 2.45) is 17.1 Å². The largest absolute Gasteiger partial charge is 0.369 e. The number of nitrogens with zero attached hydrogens (tertiary/aromatic N) is 4. The Bertz CT molecular complexity index is 1080. The number of benzene rings is 1. The van der Waals surface area contributed by atoms with Crippen molar-refractivity contribution in [3.8, 4) is 6.07 Å². The molecule has 2 aliphatic rings. The van der Waals surface area contributed by atoms with Crippen molar-refractivity contribution in [3.05, 3.63) is 42.1 Å². The second-order valence-corrected chi connectivity index (χ2v) is 9.02. The molecule has 0 bridgehead atoms. The van der Waals surface area contributed by atoms with Gasteiger partial charge in [-0.3, -0.25) is 14.5 Å². The van der Waals surface area contributed by atoms with Crippen LogP contribution in [0.4, 0.5) is 17.5 Å². The van der Waals surface area contributed by atoms with Crippen molar-refractivity contribution in [2.45, 2.75) is 51.5 Å². The van der Waals surface area contributed by atoms with Crippen LogP contribution in [0.15, 0.2) is 36.5 Å². The van der Waals surface area contributed by atoms with Gasteiger partial charge in [-0.2, -0.15) is 10.2 Å². The molecule has 2 amide bonds. The Hall–Kier alpha value is -3.18. The maximum Gasteiger partial charge on any atom is 0.249 e. The Balaban J connectivity index is 0.00000289. The quantitative estimate of drug-likeness (QED) is 0.688. The van der Waals surface area contributed by atoms with Crippen LogP contribution in [0.25, 0.3) is 0 Å². The first-order valence-electron chi connectivity index (χ1n) is 10.4. The smallest absolute Gasteiger partial charge is 0.249 e. The number of hydrogen-bond acceptors (Lipinski definition) is 6. The maximum atomic E-state index is 13.2. The zero-order valence-corrected chi connectivity index (χ0v) is 19.1. The average molecular weight is 455 g/mol. The fourth-order valence-corrected chi connectivity index (χ4v) is 4.28. The summed E-state index contributed by atoms with van der Waals surface area (Å²) in [6.45, 7) is 5.51. The maximum absolute atomic E-state index is 13.2. The molecule has 2 aromatic rings. The van der Waals surface area contributed by atoms with E-state index in [1.165, 1.54) is 0 Å². The van der Waals surface area contributed by atoms with Gasteiger partial charge in [0.05, 0.1) is 11.5 Å². The monoisotopic (exact) mass is 454 g/mol. The molecule has 0 radical (unpaired) electrons. The Morgan fingerprint density at radius 3 is 2.50 bits per heavy atom. The highest BCUT2D eigenvalue weighted by molar-refractivity contribution is 6.02. The predicted octanol–water partition coefficient (Wildman–Crippen LogP) is 3.45. The molecule has 8 nitrogen and oxygen atoms in total. The van der Waals surface area contributed by atoms with Gasteiger partial charge < -0.3 is 11.1 Å². The molecule has 9 heteroatoms. The lowest BCUT2D eigenvalue weighted by Crippen LogP contribution is -2.37. The van der Waals surface area contributed by atoms with E-state index < -0.39 is 16.7 Å². The molecule has 3 N–H and O–H groups in total. The third-order valence-corrected chi connectivity index (χ3v) is 6.50. The molecule has 2 fully saturated rings. The van der Waals surface area contributed by atoms with Gasteiger partial charge in [-0.05, 0) is 69.7 Å². The number of nitrogens with one attached hydrogen (secondary N) is 1. The summed E-state index contributed by atoms with van der Waals surface area (Å²) in [7, 11) is 0. The fourth-order valence-electron chi connectivity index (χ4n) is 4.28. The molecule has 1 aromatic carbocycles. The van der Waals surface area contributed by atoms with Crippen LogP contribution in [0.2, 0.25) is 0 Å². The number of carbonyl (C=O) groups excluding carboxylic acids is 2. The van der Waals surface area contributed by atoms with E-state index in [4.69, 9.17) is 5.73 Å². The highest BCUT2D eigenvalue weighted by Crippen LogP contribution is 2.53. The molecule has 1 aliphatic carbocycles. The number of halogens is 1. The third-order valence-electron chi connectivity index (χ3n) is 6.50. The van der Waals surface area contributed by atoms with Gasteiger partial charge in [-0.15, -0.1) is 12.4 Å². The van der Waals surface area contributed by atoms with E-state index in [9.17, 15) is 14.9 Å². The molecule has 1 aromatic heterocycles. The Morgan fingerprint density at radius 2 is 1.94 bits per heavy atom. The van der Waals surface area contributed by atoms with Crippen molar-refractivity contribution < 1.29 is 9.59 Å². The van der Waals surface area contributed by atoms with E-state index in [1.807, 2.05) is 31.2 Å². The molecule has 1 saturated heterocycles. The van der Waals surface area contributed by atoms with E-state index in [1.54, 1.807) is 31.0 Å². The third kappa shape index (κ3) is 3.89. The van der Waals surface area contributed by atoms with Gasteiger partial charge in [-0.1, -0.05) is 12.1 Å². The van der Waals surface area contributed by atoms with Gasteiger partial charge in [0, 0.05) is 17.9 Å². The second kappa shape index (κ2) is 8.40. The standard InChI is InChI=1S/C23H26N6O2.ClH/c1-14-12-23(13-24,16-4-5-16)20(31)29(14)18-10-11-26-21(28-18)27-17-8-6-15(7-9-17)22(2,3)19(25)30;/h6-11,14,16H,4-5,12H2,1-3H3,(H2,25,30)(H,26,27,28);1H/t14-,23-;/m1./s1. The van der Waals surface area contributed by atoms with E-state index in [0.29, 0.717) is 18.2 Å². The number of carbonyl (C=O) groups is 2. The number of hydrogen-bond donors (Lipinski definition) is 2. The predicted molar refractivity (Wildman–Crippen MR) is 124 cm³/mol. The van der Waals surface area contributed by atoms with Crippen molar-refractivity contribution in [1.82, 2.24) is 9.97 Å². The molecular weight excluding hydrogens is 428 g/mol. The molecule has 0 unspecified atom stereocenters. The van der Waals surface area contributed by atoms with E-state index in [2.05, 4.69) is 21.4 Å². The first-order chi connectivity index (χ1) is 14.7. The van der Waals surface area contributed by atoms with Crippen LogP contribution in [0.3, 0.4) is 0 Å². The summed E-state index contributed by atoms with van der Waals surface area (Å²) in [5.41, 5.74) is 5.34. The van der Waals surface area contributed by atoms with E-state index in [-0.39, 0.29) is 30.3 Å². The number of nitrogens with two attached hydrogens (primary N) is 1. The van der Waals surface area contributed by atoms with Gasteiger partial charge in [0.2, 0.25) is 17.8 Å². The van der Waals surface area contributed by atoms with Gasteiger partial charge in [0.15, 0.2) is 0 Å². The zero-order chi connectivity index (χ0) is 22.4. The minimum Gasteiger partial charge on any atom is -0.369 e. The Labute approximate surface area is 193 Å². The molecular formula is C23H27ClN6O2. The first kappa shape index (κ1) is 23.5. The molecule has 1 aliphatic heterocycles. The van der Waals surface area contributed by atoms with Crippen molar-refractivity contribution in [3.63, 3.8) is 0 Å².